The van der Waals surface area contributed by atoms with Gasteiger partial charge in [-0.3, -0.25) is 14.6 Å². The van der Waals surface area contributed by atoms with E-state index < -0.39 is 15.9 Å². The average Bonchev–Trinajstić information content (AvgIpc) is 2.86. The molecule has 1 heterocycles. The lowest BCUT2D eigenvalue weighted by Gasteiger charge is -2.16. The molecule has 0 saturated heterocycles. The maximum Gasteiger partial charge on any atom is 0.251 e. The van der Waals surface area contributed by atoms with Crippen molar-refractivity contribution in [3.05, 3.63) is 89.7 Å². The molecule has 0 radical (unpaired) electrons. The molecule has 0 aliphatic heterocycles. The van der Waals surface area contributed by atoms with Crippen molar-refractivity contribution in [1.82, 2.24) is 19.9 Å². The van der Waals surface area contributed by atoms with Crippen LogP contribution < -0.4 is 15.4 Å². The van der Waals surface area contributed by atoms with Crippen LogP contribution in [-0.4, -0.2) is 50.2 Å². The molecule has 0 saturated carbocycles. The van der Waals surface area contributed by atoms with E-state index in [9.17, 15) is 18.0 Å². The molecular formula is C25H28N4O5S. The number of aromatic nitrogens is 1. The number of nitrogens with one attached hydrogen (secondary N) is 2. The SMILES string of the molecule is CC(NC(=O)CNC(=O)c1cccc(S(=O)(=O)N(C)C)c1)c1cccc(OCc2ccccn2)c1. The highest BCUT2D eigenvalue weighted by atomic mass is 32.2. The van der Waals surface area contributed by atoms with Gasteiger partial charge in [-0.05, 0) is 55.0 Å². The number of pyridine rings is 1. The van der Waals surface area contributed by atoms with Crippen molar-refractivity contribution in [3.63, 3.8) is 0 Å². The van der Waals surface area contributed by atoms with Crippen molar-refractivity contribution in [2.75, 3.05) is 20.6 Å². The van der Waals surface area contributed by atoms with E-state index >= 15 is 0 Å². The number of rotatable bonds is 10. The summed E-state index contributed by atoms with van der Waals surface area (Å²) in [6.07, 6.45) is 1.70. The predicted molar refractivity (Wildman–Crippen MR) is 131 cm³/mol. The van der Waals surface area contributed by atoms with E-state index in [1.54, 1.807) is 6.20 Å². The van der Waals surface area contributed by atoms with E-state index in [0.717, 1.165) is 15.6 Å². The summed E-state index contributed by atoms with van der Waals surface area (Å²) < 4.78 is 31.4. The quantitative estimate of drug-likeness (QED) is 0.445. The first kappa shape index (κ1) is 25.9. The second-order valence-electron chi connectivity index (χ2n) is 7.97. The lowest BCUT2D eigenvalue weighted by molar-refractivity contribution is -0.120. The second-order valence-corrected chi connectivity index (χ2v) is 10.1. The minimum atomic E-state index is -3.67. The van der Waals surface area contributed by atoms with Gasteiger partial charge in [-0.25, -0.2) is 12.7 Å². The Kier molecular flexibility index (Phi) is 8.56. The molecule has 3 aromatic rings. The molecule has 1 atom stereocenters. The average molecular weight is 497 g/mol. The summed E-state index contributed by atoms with van der Waals surface area (Å²) >= 11 is 0. The number of carbonyl (C=O) groups is 2. The van der Waals surface area contributed by atoms with Gasteiger partial charge in [0.1, 0.15) is 12.4 Å². The third kappa shape index (κ3) is 7.11. The van der Waals surface area contributed by atoms with Gasteiger partial charge in [-0.1, -0.05) is 24.3 Å². The first-order valence-electron chi connectivity index (χ1n) is 10.9. The van der Waals surface area contributed by atoms with E-state index in [-0.39, 0.29) is 29.0 Å². The fourth-order valence-electron chi connectivity index (χ4n) is 3.16. The standard InChI is InChI=1S/C25H28N4O5S/c1-18(19-8-6-11-22(14-19)34-17-21-10-4-5-13-26-21)28-24(30)16-27-25(31)20-9-7-12-23(15-20)35(32,33)29(2)3/h4-15,18H,16-17H2,1-3H3,(H,27,31)(H,28,30). The second kappa shape index (κ2) is 11.6. The van der Waals surface area contributed by atoms with Crippen LogP contribution in [0.3, 0.4) is 0 Å². The molecule has 0 spiro atoms. The first-order valence-corrected chi connectivity index (χ1v) is 12.3. The van der Waals surface area contributed by atoms with Crippen LogP contribution in [-0.2, 0) is 21.4 Å². The molecule has 9 nitrogen and oxygen atoms in total. The fourth-order valence-corrected chi connectivity index (χ4v) is 4.11. The number of carbonyl (C=O) groups excluding carboxylic acids is 2. The maximum atomic E-state index is 12.5. The number of ether oxygens (including phenoxy) is 1. The van der Waals surface area contributed by atoms with Gasteiger partial charge in [0, 0.05) is 25.9 Å². The Labute approximate surface area is 205 Å². The van der Waals surface area contributed by atoms with E-state index in [1.807, 2.05) is 49.4 Å². The minimum Gasteiger partial charge on any atom is -0.487 e. The lowest BCUT2D eigenvalue weighted by Crippen LogP contribution is -2.38. The van der Waals surface area contributed by atoms with Crippen LogP contribution in [0.25, 0.3) is 0 Å². The molecule has 35 heavy (non-hydrogen) atoms. The zero-order chi connectivity index (χ0) is 25.4. The van der Waals surface area contributed by atoms with E-state index in [4.69, 9.17) is 4.74 Å². The van der Waals surface area contributed by atoms with Gasteiger partial charge in [-0.2, -0.15) is 0 Å². The summed E-state index contributed by atoms with van der Waals surface area (Å²) in [6.45, 7) is 1.89. The molecule has 0 aliphatic rings. The Morgan fingerprint density at radius 2 is 1.80 bits per heavy atom. The molecule has 2 N–H and O–H groups in total. The van der Waals surface area contributed by atoms with Crippen LogP contribution in [0.2, 0.25) is 0 Å². The van der Waals surface area contributed by atoms with E-state index in [2.05, 4.69) is 15.6 Å². The summed E-state index contributed by atoms with van der Waals surface area (Å²) in [7, 11) is -0.849. The highest BCUT2D eigenvalue weighted by molar-refractivity contribution is 7.89. The molecule has 10 heteroatoms. The zero-order valence-corrected chi connectivity index (χ0v) is 20.6. The lowest BCUT2D eigenvalue weighted by atomic mass is 10.1. The summed E-state index contributed by atoms with van der Waals surface area (Å²) in [6, 6.07) is 18.3. The number of benzene rings is 2. The number of nitrogens with zero attached hydrogens (tertiary/aromatic N) is 2. The van der Waals surface area contributed by atoms with E-state index in [1.165, 1.54) is 38.4 Å². The highest BCUT2D eigenvalue weighted by Crippen LogP contribution is 2.20. The van der Waals surface area contributed by atoms with Crippen molar-refractivity contribution in [2.24, 2.45) is 0 Å². The molecule has 0 aliphatic carbocycles. The van der Waals surface area contributed by atoms with Gasteiger partial charge in [0.25, 0.3) is 5.91 Å². The molecule has 0 fully saturated rings. The van der Waals surface area contributed by atoms with Crippen molar-refractivity contribution in [2.45, 2.75) is 24.5 Å². The number of sulfonamides is 1. The zero-order valence-electron chi connectivity index (χ0n) is 19.8. The van der Waals surface area contributed by atoms with Crippen LogP contribution in [0.4, 0.5) is 0 Å². The Morgan fingerprint density at radius 3 is 2.51 bits per heavy atom. The monoisotopic (exact) mass is 496 g/mol. The van der Waals surface area contributed by atoms with Crippen LogP contribution in [0.5, 0.6) is 5.75 Å². The third-order valence-corrected chi connectivity index (χ3v) is 6.94. The van der Waals surface area contributed by atoms with Crippen molar-refractivity contribution < 1.29 is 22.7 Å². The van der Waals surface area contributed by atoms with Gasteiger partial charge in [-0.15, -0.1) is 0 Å². The fraction of sp³-hybridized carbons (Fsp3) is 0.240. The number of amides is 2. The third-order valence-electron chi connectivity index (χ3n) is 5.13. The normalized spacial score (nSPS) is 12.1. The van der Waals surface area contributed by atoms with Crippen molar-refractivity contribution in [3.8, 4) is 5.75 Å². The smallest absolute Gasteiger partial charge is 0.251 e. The van der Waals surface area contributed by atoms with Gasteiger partial charge in [0.05, 0.1) is 23.2 Å². The van der Waals surface area contributed by atoms with Crippen molar-refractivity contribution in [1.29, 1.82) is 0 Å². The summed E-state index contributed by atoms with van der Waals surface area (Å²) in [5, 5.41) is 5.35. The Balaban J connectivity index is 1.54. The maximum absolute atomic E-state index is 12.5. The van der Waals surface area contributed by atoms with Gasteiger partial charge in [0.2, 0.25) is 15.9 Å². The van der Waals surface area contributed by atoms with Crippen LogP contribution in [0, 0.1) is 0 Å². The molecular weight excluding hydrogens is 468 g/mol. The molecule has 0 bridgehead atoms. The number of hydrogen-bond acceptors (Lipinski definition) is 6. The van der Waals surface area contributed by atoms with Crippen LogP contribution in [0.15, 0.2) is 77.8 Å². The molecule has 3 rings (SSSR count). The Bertz CT molecular complexity index is 1280. The van der Waals surface area contributed by atoms with Crippen LogP contribution >= 0.6 is 0 Å². The van der Waals surface area contributed by atoms with Gasteiger partial charge >= 0.3 is 0 Å². The molecule has 1 unspecified atom stereocenters. The van der Waals surface area contributed by atoms with E-state index in [0.29, 0.717) is 12.4 Å². The number of hydrogen-bond donors (Lipinski definition) is 2. The Hall–Kier alpha value is -3.76. The predicted octanol–water partition coefficient (Wildman–Crippen LogP) is 2.52. The Morgan fingerprint density at radius 1 is 1.03 bits per heavy atom. The summed E-state index contributed by atoms with van der Waals surface area (Å²) in [4.78, 5) is 29.1. The summed E-state index contributed by atoms with van der Waals surface area (Å²) in [5.74, 6) is -0.286. The minimum absolute atomic E-state index is 0.00151. The molecule has 1 aromatic heterocycles. The first-order chi connectivity index (χ1) is 16.7. The molecule has 2 aromatic carbocycles. The van der Waals surface area contributed by atoms with Crippen molar-refractivity contribution >= 4 is 21.8 Å². The largest absolute Gasteiger partial charge is 0.487 e. The highest BCUT2D eigenvalue weighted by Gasteiger charge is 2.19. The summed E-state index contributed by atoms with van der Waals surface area (Å²) in [5.41, 5.74) is 1.79. The topological polar surface area (TPSA) is 118 Å². The van der Waals surface area contributed by atoms with Crippen LogP contribution in [0.1, 0.15) is 34.6 Å². The van der Waals surface area contributed by atoms with Gasteiger partial charge < -0.3 is 15.4 Å². The molecule has 184 valence electrons. The van der Waals surface area contributed by atoms with Gasteiger partial charge in [0.15, 0.2) is 0 Å². The molecule has 2 amide bonds.